The van der Waals surface area contributed by atoms with E-state index in [1.807, 2.05) is 37.3 Å². The summed E-state index contributed by atoms with van der Waals surface area (Å²) in [5.74, 6) is 0.911. The van der Waals surface area contributed by atoms with Crippen molar-refractivity contribution in [1.82, 2.24) is 14.9 Å². The normalized spacial score (nSPS) is 10.9. The minimum atomic E-state index is -0.101. The Balaban J connectivity index is 1.43. The summed E-state index contributed by atoms with van der Waals surface area (Å²) in [7, 11) is 0. The number of aryl methyl sites for hydroxylation is 2. The van der Waals surface area contributed by atoms with Crippen LogP contribution >= 0.6 is 11.8 Å². The first-order valence-corrected chi connectivity index (χ1v) is 10.0. The number of thioether (sulfide) groups is 1. The highest BCUT2D eigenvalue weighted by molar-refractivity contribution is 7.99. The molecule has 0 aliphatic carbocycles. The summed E-state index contributed by atoms with van der Waals surface area (Å²) < 4.78 is 1.51. The molecule has 0 saturated heterocycles. The van der Waals surface area contributed by atoms with Crippen LogP contribution in [0.5, 0.6) is 0 Å². The summed E-state index contributed by atoms with van der Waals surface area (Å²) in [5, 5.41) is 3.51. The van der Waals surface area contributed by atoms with Gasteiger partial charge in [-0.15, -0.1) is 11.8 Å². The van der Waals surface area contributed by atoms with Gasteiger partial charge >= 0.3 is 0 Å². The third-order valence-corrected chi connectivity index (χ3v) is 5.39. The van der Waals surface area contributed by atoms with Gasteiger partial charge in [0.1, 0.15) is 0 Å². The summed E-state index contributed by atoms with van der Waals surface area (Å²) in [6, 6.07) is 15.8. The fraction of sp³-hybridized carbons (Fsp3) is 0.286. The maximum absolute atomic E-state index is 12.5. The van der Waals surface area contributed by atoms with Crippen LogP contribution in [0.3, 0.4) is 0 Å². The van der Waals surface area contributed by atoms with Gasteiger partial charge in [-0.2, -0.15) is 0 Å². The molecule has 1 amide bonds. The van der Waals surface area contributed by atoms with E-state index < -0.39 is 0 Å². The summed E-state index contributed by atoms with van der Waals surface area (Å²) in [6.45, 7) is 2.91. The van der Waals surface area contributed by atoms with Gasteiger partial charge in [0.15, 0.2) is 0 Å². The molecule has 6 heteroatoms. The van der Waals surface area contributed by atoms with Crippen LogP contribution in [-0.2, 0) is 11.3 Å². The SMILES string of the molecule is Cc1cccc2c(=O)n(CCC(=O)NCCCSc3ccccc3)cnc12. The Kier molecular flexibility index (Phi) is 6.65. The van der Waals surface area contributed by atoms with Crippen molar-refractivity contribution in [2.24, 2.45) is 0 Å². The van der Waals surface area contributed by atoms with Crippen LogP contribution in [0.25, 0.3) is 10.9 Å². The Bertz CT molecular complexity index is 970. The van der Waals surface area contributed by atoms with Gasteiger partial charge in [0.25, 0.3) is 5.56 Å². The zero-order chi connectivity index (χ0) is 19.1. The standard InChI is InChI=1S/C21H23N3O2S/c1-16-7-5-10-18-20(16)23-15-24(21(18)26)13-11-19(25)22-12-6-14-27-17-8-3-2-4-9-17/h2-5,7-10,15H,6,11-14H2,1H3,(H,22,25). The molecule has 27 heavy (non-hydrogen) atoms. The number of rotatable bonds is 8. The van der Waals surface area contributed by atoms with Gasteiger partial charge < -0.3 is 5.32 Å². The number of hydrogen-bond acceptors (Lipinski definition) is 4. The molecule has 5 nitrogen and oxygen atoms in total. The number of hydrogen-bond donors (Lipinski definition) is 1. The van der Waals surface area contributed by atoms with E-state index in [9.17, 15) is 9.59 Å². The Hall–Kier alpha value is -2.60. The first kappa shape index (κ1) is 19.2. The van der Waals surface area contributed by atoms with E-state index in [4.69, 9.17) is 0 Å². The van der Waals surface area contributed by atoms with E-state index in [1.54, 1.807) is 17.8 Å². The van der Waals surface area contributed by atoms with Gasteiger partial charge in [-0.3, -0.25) is 14.2 Å². The molecule has 0 bridgehead atoms. The van der Waals surface area contributed by atoms with Crippen LogP contribution in [0.1, 0.15) is 18.4 Å². The van der Waals surface area contributed by atoms with Crippen molar-refractivity contribution in [2.45, 2.75) is 31.2 Å². The fourth-order valence-corrected chi connectivity index (χ4v) is 3.69. The van der Waals surface area contributed by atoms with Crippen molar-refractivity contribution in [3.8, 4) is 0 Å². The highest BCUT2D eigenvalue weighted by Gasteiger charge is 2.07. The number of aromatic nitrogens is 2. The van der Waals surface area contributed by atoms with E-state index in [0.717, 1.165) is 23.3 Å². The van der Waals surface area contributed by atoms with E-state index >= 15 is 0 Å². The Morgan fingerprint density at radius 3 is 2.78 bits per heavy atom. The minimum Gasteiger partial charge on any atom is -0.356 e. The Morgan fingerprint density at radius 2 is 1.96 bits per heavy atom. The lowest BCUT2D eigenvalue weighted by Crippen LogP contribution is -2.28. The lowest BCUT2D eigenvalue weighted by atomic mass is 10.1. The smallest absolute Gasteiger partial charge is 0.261 e. The second kappa shape index (κ2) is 9.37. The number of fused-ring (bicyclic) bond motifs is 1. The maximum Gasteiger partial charge on any atom is 0.261 e. The van der Waals surface area contributed by atoms with Gasteiger partial charge in [-0.05, 0) is 42.9 Å². The van der Waals surface area contributed by atoms with Gasteiger partial charge in [0.05, 0.1) is 17.2 Å². The lowest BCUT2D eigenvalue weighted by Gasteiger charge is -2.08. The van der Waals surface area contributed by atoms with E-state index in [2.05, 4.69) is 22.4 Å². The second-order valence-corrected chi connectivity index (χ2v) is 7.50. The molecule has 140 valence electrons. The molecule has 0 aliphatic rings. The molecular formula is C21H23N3O2S. The fourth-order valence-electron chi connectivity index (χ4n) is 2.81. The second-order valence-electron chi connectivity index (χ2n) is 6.33. The Labute approximate surface area is 162 Å². The van der Waals surface area contributed by atoms with Crippen LogP contribution < -0.4 is 10.9 Å². The summed E-state index contributed by atoms with van der Waals surface area (Å²) in [4.78, 5) is 30.1. The van der Waals surface area contributed by atoms with Crippen LogP contribution in [0.2, 0.25) is 0 Å². The molecule has 0 fully saturated rings. The monoisotopic (exact) mass is 381 g/mol. The van der Waals surface area contributed by atoms with Crippen LogP contribution in [0.15, 0.2) is 64.5 Å². The third-order valence-electron chi connectivity index (χ3n) is 4.29. The summed E-state index contributed by atoms with van der Waals surface area (Å²) in [5.41, 5.74) is 1.60. The van der Waals surface area contributed by atoms with Gasteiger partial charge in [-0.1, -0.05) is 30.3 Å². The van der Waals surface area contributed by atoms with Crippen molar-refractivity contribution in [2.75, 3.05) is 12.3 Å². The van der Waals surface area contributed by atoms with Gasteiger partial charge in [0.2, 0.25) is 5.91 Å². The molecule has 0 saturated carbocycles. The molecule has 3 rings (SSSR count). The highest BCUT2D eigenvalue weighted by atomic mass is 32.2. The number of amides is 1. The topological polar surface area (TPSA) is 64.0 Å². The van der Waals surface area contributed by atoms with Crippen LogP contribution in [-0.4, -0.2) is 27.8 Å². The number of nitrogens with one attached hydrogen (secondary N) is 1. The first-order chi connectivity index (χ1) is 13.1. The maximum atomic E-state index is 12.5. The highest BCUT2D eigenvalue weighted by Crippen LogP contribution is 2.17. The average molecular weight is 382 g/mol. The summed E-state index contributed by atoms with van der Waals surface area (Å²) >= 11 is 1.78. The zero-order valence-corrected chi connectivity index (χ0v) is 16.2. The molecule has 0 atom stereocenters. The summed E-state index contributed by atoms with van der Waals surface area (Å²) in [6.07, 6.45) is 2.70. The molecule has 1 N–H and O–H groups in total. The number of nitrogens with zero attached hydrogens (tertiary/aromatic N) is 2. The molecule has 1 aromatic heterocycles. The van der Waals surface area contributed by atoms with E-state index in [1.165, 1.54) is 15.8 Å². The van der Waals surface area contributed by atoms with Crippen molar-refractivity contribution in [3.63, 3.8) is 0 Å². The number of carbonyl (C=O) groups is 1. The van der Waals surface area contributed by atoms with Crippen molar-refractivity contribution in [1.29, 1.82) is 0 Å². The van der Waals surface area contributed by atoms with E-state index in [0.29, 0.717) is 18.5 Å². The third kappa shape index (κ3) is 5.20. The predicted octanol–water partition coefficient (Wildman–Crippen LogP) is 3.39. The van der Waals surface area contributed by atoms with E-state index in [-0.39, 0.29) is 17.9 Å². The molecule has 0 aliphatic heterocycles. The molecule has 0 unspecified atom stereocenters. The minimum absolute atomic E-state index is 0.0454. The zero-order valence-electron chi connectivity index (χ0n) is 15.4. The van der Waals surface area contributed by atoms with Crippen molar-refractivity contribution in [3.05, 3.63) is 70.8 Å². The molecule has 2 aromatic carbocycles. The molecular weight excluding hydrogens is 358 g/mol. The first-order valence-electron chi connectivity index (χ1n) is 9.04. The predicted molar refractivity (Wildman–Crippen MR) is 110 cm³/mol. The average Bonchev–Trinajstić information content (AvgIpc) is 2.68. The lowest BCUT2D eigenvalue weighted by molar-refractivity contribution is -0.121. The van der Waals surface area contributed by atoms with Gasteiger partial charge in [0, 0.05) is 24.4 Å². The molecule has 3 aromatic rings. The Morgan fingerprint density at radius 1 is 1.15 bits per heavy atom. The number of benzene rings is 2. The van der Waals surface area contributed by atoms with Crippen LogP contribution in [0.4, 0.5) is 0 Å². The largest absolute Gasteiger partial charge is 0.356 e. The van der Waals surface area contributed by atoms with Crippen LogP contribution in [0, 0.1) is 6.92 Å². The van der Waals surface area contributed by atoms with Crippen molar-refractivity contribution >= 4 is 28.6 Å². The molecule has 1 heterocycles. The quantitative estimate of drug-likeness (QED) is 0.480. The number of para-hydroxylation sites is 1. The molecule has 0 radical (unpaired) electrons. The van der Waals surface area contributed by atoms with Gasteiger partial charge in [-0.25, -0.2) is 4.98 Å². The molecule has 0 spiro atoms. The number of carbonyl (C=O) groups excluding carboxylic acids is 1. The van der Waals surface area contributed by atoms with Crippen molar-refractivity contribution < 1.29 is 4.79 Å².